The van der Waals surface area contributed by atoms with Crippen molar-refractivity contribution in [3.63, 3.8) is 0 Å². The lowest BCUT2D eigenvalue weighted by molar-refractivity contribution is 0.359. The van der Waals surface area contributed by atoms with E-state index in [2.05, 4.69) is 19.9 Å². The quantitative estimate of drug-likeness (QED) is 0.562. The topological polar surface area (TPSA) is 76.8 Å². The molecule has 3 rings (SSSR count). The molecule has 7 heteroatoms. The molecule has 0 bridgehead atoms. The van der Waals surface area contributed by atoms with Crippen LogP contribution < -0.4 is 4.74 Å². The van der Waals surface area contributed by atoms with Crippen LogP contribution in [0, 0.1) is 0 Å². The Kier molecular flexibility index (Phi) is 2.66. The zero-order chi connectivity index (χ0) is 11.5. The van der Waals surface area contributed by atoms with E-state index in [0.29, 0.717) is 17.6 Å². The fraction of sp³-hybridized carbons (Fsp3) is 0.100. The maximum Gasteiger partial charge on any atom is 0.319 e. The number of aromatic amines is 1. The number of furan rings is 1. The van der Waals surface area contributed by atoms with Gasteiger partial charge in [0.25, 0.3) is 0 Å². The average Bonchev–Trinajstić information content (AvgIpc) is 2.98. The van der Waals surface area contributed by atoms with Gasteiger partial charge in [-0.3, -0.25) is 0 Å². The van der Waals surface area contributed by atoms with Crippen molar-refractivity contribution >= 4 is 22.9 Å². The van der Waals surface area contributed by atoms with Crippen LogP contribution >= 0.6 is 11.8 Å². The van der Waals surface area contributed by atoms with E-state index >= 15 is 0 Å². The van der Waals surface area contributed by atoms with E-state index < -0.39 is 0 Å². The van der Waals surface area contributed by atoms with Gasteiger partial charge in [-0.1, -0.05) is 0 Å². The van der Waals surface area contributed by atoms with Crippen LogP contribution in [-0.2, 0) is 0 Å². The van der Waals surface area contributed by atoms with Gasteiger partial charge in [0.2, 0.25) is 0 Å². The van der Waals surface area contributed by atoms with Crippen LogP contribution in [0.3, 0.4) is 0 Å². The normalized spacial score (nSPS) is 10.8. The van der Waals surface area contributed by atoms with E-state index in [9.17, 15) is 0 Å². The van der Waals surface area contributed by atoms with Crippen LogP contribution in [0.2, 0.25) is 0 Å². The molecule has 0 amide bonds. The van der Waals surface area contributed by atoms with Crippen LogP contribution in [0.4, 0.5) is 0 Å². The van der Waals surface area contributed by atoms with Crippen molar-refractivity contribution in [1.29, 1.82) is 0 Å². The van der Waals surface area contributed by atoms with Crippen LogP contribution in [0.25, 0.3) is 11.2 Å². The van der Waals surface area contributed by atoms with Gasteiger partial charge in [-0.25, -0.2) is 9.97 Å². The molecule has 0 aromatic carbocycles. The zero-order valence-electron chi connectivity index (χ0n) is 8.66. The Morgan fingerprint density at radius 1 is 1.41 bits per heavy atom. The van der Waals surface area contributed by atoms with E-state index in [1.807, 2.05) is 12.1 Å². The number of H-pyrrole nitrogens is 1. The van der Waals surface area contributed by atoms with E-state index in [-0.39, 0.29) is 0 Å². The number of imidazole rings is 1. The molecular weight excluding hydrogens is 240 g/mol. The van der Waals surface area contributed by atoms with Crippen molar-refractivity contribution in [3.8, 4) is 6.01 Å². The average molecular weight is 248 g/mol. The molecule has 86 valence electrons. The number of aromatic nitrogens is 4. The maximum absolute atomic E-state index is 5.38. The Bertz CT molecular complexity index is 608. The Morgan fingerprint density at radius 2 is 2.41 bits per heavy atom. The standard InChI is InChI=1S/C10H8N4O2S/c1-2-8(15-3-1)17-6-16-10-11-4-7-9(14-10)13-5-12-7/h1-5H,6H2,(H,11,12,13,14). The van der Waals surface area contributed by atoms with Crippen LogP contribution in [-0.4, -0.2) is 25.9 Å². The second-order valence-electron chi connectivity index (χ2n) is 3.13. The van der Waals surface area contributed by atoms with E-state index in [1.54, 1.807) is 18.8 Å². The largest absolute Gasteiger partial charge is 0.458 e. The Labute approximate surface area is 100 Å². The van der Waals surface area contributed by atoms with Crippen molar-refractivity contribution in [3.05, 3.63) is 30.9 Å². The summed E-state index contributed by atoms with van der Waals surface area (Å²) in [6.07, 6.45) is 4.83. The lowest BCUT2D eigenvalue weighted by Gasteiger charge is -2.01. The molecule has 0 unspecified atom stereocenters. The highest BCUT2D eigenvalue weighted by Gasteiger charge is 2.03. The molecular formula is C10H8N4O2S. The first-order chi connectivity index (χ1) is 8.42. The van der Waals surface area contributed by atoms with Gasteiger partial charge in [0.05, 0.1) is 18.8 Å². The van der Waals surface area contributed by atoms with Crippen molar-refractivity contribution in [2.24, 2.45) is 0 Å². The number of hydrogen-bond acceptors (Lipinski definition) is 6. The number of thioether (sulfide) groups is 1. The number of hydrogen-bond donors (Lipinski definition) is 1. The molecule has 0 atom stereocenters. The predicted octanol–water partition coefficient (Wildman–Crippen LogP) is 2.07. The van der Waals surface area contributed by atoms with Crippen LogP contribution in [0.1, 0.15) is 0 Å². The van der Waals surface area contributed by atoms with Gasteiger partial charge in [0.1, 0.15) is 11.5 Å². The summed E-state index contributed by atoms with van der Waals surface area (Å²) in [5.41, 5.74) is 1.38. The molecule has 3 heterocycles. The number of fused-ring (bicyclic) bond motifs is 1. The van der Waals surface area contributed by atoms with Crippen molar-refractivity contribution < 1.29 is 9.15 Å². The van der Waals surface area contributed by atoms with Gasteiger partial charge in [-0.05, 0) is 23.9 Å². The van der Waals surface area contributed by atoms with Gasteiger partial charge in [-0.2, -0.15) is 4.98 Å². The molecule has 3 aromatic rings. The number of nitrogens with zero attached hydrogens (tertiary/aromatic N) is 3. The summed E-state index contributed by atoms with van der Waals surface area (Å²) < 4.78 is 10.5. The SMILES string of the molecule is c1coc(SCOc2ncc3[nH]cnc3n2)c1. The smallest absolute Gasteiger partial charge is 0.319 e. The highest BCUT2D eigenvalue weighted by Crippen LogP contribution is 2.18. The fourth-order valence-corrected chi connectivity index (χ4v) is 1.85. The Morgan fingerprint density at radius 3 is 3.29 bits per heavy atom. The van der Waals surface area contributed by atoms with Crippen molar-refractivity contribution in [2.45, 2.75) is 5.09 Å². The summed E-state index contributed by atoms with van der Waals surface area (Å²) in [4.78, 5) is 15.1. The van der Waals surface area contributed by atoms with Gasteiger partial charge in [0, 0.05) is 0 Å². The highest BCUT2D eigenvalue weighted by atomic mass is 32.2. The summed E-state index contributed by atoms with van der Waals surface area (Å²) in [5, 5.41) is 0.797. The summed E-state index contributed by atoms with van der Waals surface area (Å²) >= 11 is 1.43. The molecule has 0 aliphatic carbocycles. The molecule has 0 saturated carbocycles. The monoisotopic (exact) mass is 248 g/mol. The molecule has 0 spiro atoms. The second kappa shape index (κ2) is 4.46. The number of rotatable bonds is 4. The molecule has 0 saturated heterocycles. The molecule has 0 fully saturated rings. The molecule has 0 aliphatic rings. The lowest BCUT2D eigenvalue weighted by atomic mass is 10.6. The van der Waals surface area contributed by atoms with Gasteiger partial charge < -0.3 is 14.1 Å². The van der Waals surface area contributed by atoms with Crippen LogP contribution in [0.5, 0.6) is 6.01 Å². The molecule has 17 heavy (non-hydrogen) atoms. The predicted molar refractivity (Wildman–Crippen MR) is 61.7 cm³/mol. The summed E-state index contributed by atoms with van der Waals surface area (Å²) in [7, 11) is 0. The highest BCUT2D eigenvalue weighted by molar-refractivity contribution is 7.99. The third-order valence-electron chi connectivity index (χ3n) is 2.04. The lowest BCUT2D eigenvalue weighted by Crippen LogP contribution is -1.97. The third kappa shape index (κ3) is 2.23. The first-order valence-electron chi connectivity index (χ1n) is 4.87. The van der Waals surface area contributed by atoms with E-state index in [1.165, 1.54) is 11.8 Å². The van der Waals surface area contributed by atoms with Gasteiger partial charge in [-0.15, -0.1) is 0 Å². The minimum absolute atomic E-state index is 0.309. The van der Waals surface area contributed by atoms with Crippen molar-refractivity contribution in [1.82, 2.24) is 19.9 Å². The van der Waals surface area contributed by atoms with Gasteiger partial charge in [0.15, 0.2) is 10.7 Å². The zero-order valence-corrected chi connectivity index (χ0v) is 9.48. The third-order valence-corrected chi connectivity index (χ3v) is 2.79. The minimum Gasteiger partial charge on any atom is -0.458 e. The molecule has 6 nitrogen and oxygen atoms in total. The first-order valence-corrected chi connectivity index (χ1v) is 5.85. The summed E-state index contributed by atoms with van der Waals surface area (Å²) in [6, 6.07) is 4.00. The summed E-state index contributed by atoms with van der Waals surface area (Å²) in [5.74, 6) is 0.392. The molecule has 0 aliphatic heterocycles. The number of ether oxygens (including phenoxy) is 1. The second-order valence-corrected chi connectivity index (χ2v) is 4.06. The van der Waals surface area contributed by atoms with Crippen LogP contribution in [0.15, 0.2) is 40.4 Å². The summed E-state index contributed by atoms with van der Waals surface area (Å²) in [6.45, 7) is 0. The van der Waals surface area contributed by atoms with Crippen molar-refractivity contribution in [2.75, 3.05) is 5.94 Å². The molecule has 3 aromatic heterocycles. The minimum atomic E-state index is 0.309. The fourth-order valence-electron chi connectivity index (χ4n) is 1.28. The Balaban J connectivity index is 1.64. The van der Waals surface area contributed by atoms with Gasteiger partial charge >= 0.3 is 6.01 Å². The Hall–Kier alpha value is -2.02. The molecule has 1 N–H and O–H groups in total. The maximum atomic E-state index is 5.38. The first kappa shape index (κ1) is 10.2. The number of nitrogens with one attached hydrogen (secondary N) is 1. The van der Waals surface area contributed by atoms with E-state index in [0.717, 1.165) is 10.6 Å². The van der Waals surface area contributed by atoms with E-state index in [4.69, 9.17) is 9.15 Å². The molecule has 0 radical (unpaired) electrons.